The molecular weight excluding hydrogens is 410 g/mol. The predicted molar refractivity (Wildman–Crippen MR) is 124 cm³/mol. The maximum atomic E-state index is 13.2. The Morgan fingerprint density at radius 1 is 1.23 bits per heavy atom. The Labute approximate surface area is 186 Å². The minimum Gasteiger partial charge on any atom is -0.384 e. The summed E-state index contributed by atoms with van der Waals surface area (Å²) in [6.07, 6.45) is 3.08. The first-order chi connectivity index (χ1) is 14.6. The van der Waals surface area contributed by atoms with E-state index in [1.165, 1.54) is 5.56 Å². The molecule has 0 saturated heterocycles. The smallest absolute Gasteiger partial charge is 0.161 e. The van der Waals surface area contributed by atoms with Gasteiger partial charge < -0.3 is 5.73 Å². The first kappa shape index (κ1) is 20.8. The standard InChI is InChI=1S/C24H25N3OS2/c1-3-15-8-10-16(11-9-15)27-19-6-5-7-20(28)22(19)21(18(14-25)23(27)26)17-12-13-30-24(17)29-4-2/h8-13,21H,3-7,26H2,1-2H3/t21-/m0/s1. The quantitative estimate of drug-likeness (QED) is 0.608. The molecular formula is C24H25N3OS2. The van der Waals surface area contributed by atoms with Crippen molar-refractivity contribution in [1.82, 2.24) is 0 Å². The fourth-order valence-electron chi connectivity index (χ4n) is 4.34. The minimum atomic E-state index is -0.371. The first-order valence-corrected chi connectivity index (χ1v) is 12.2. The molecule has 30 heavy (non-hydrogen) atoms. The number of rotatable bonds is 5. The summed E-state index contributed by atoms with van der Waals surface area (Å²) in [5.74, 6) is 1.15. The van der Waals surface area contributed by atoms with Crippen LogP contribution in [0.3, 0.4) is 0 Å². The van der Waals surface area contributed by atoms with E-state index in [1.54, 1.807) is 23.1 Å². The van der Waals surface area contributed by atoms with Crippen molar-refractivity contribution in [2.24, 2.45) is 5.73 Å². The minimum absolute atomic E-state index is 0.135. The second-order valence-corrected chi connectivity index (χ2v) is 9.88. The van der Waals surface area contributed by atoms with E-state index >= 15 is 0 Å². The number of benzene rings is 1. The van der Waals surface area contributed by atoms with E-state index in [0.29, 0.717) is 17.8 Å². The van der Waals surface area contributed by atoms with Gasteiger partial charge in [-0.15, -0.1) is 23.1 Å². The lowest BCUT2D eigenvalue weighted by atomic mass is 9.76. The zero-order valence-electron chi connectivity index (χ0n) is 17.3. The summed E-state index contributed by atoms with van der Waals surface area (Å²) in [7, 11) is 0. The molecule has 1 aliphatic carbocycles. The zero-order valence-corrected chi connectivity index (χ0v) is 18.9. The van der Waals surface area contributed by atoms with Gasteiger partial charge in [0.1, 0.15) is 5.82 Å². The van der Waals surface area contributed by atoms with Gasteiger partial charge in [-0.05, 0) is 59.7 Å². The summed E-state index contributed by atoms with van der Waals surface area (Å²) < 4.78 is 1.16. The molecule has 154 valence electrons. The molecule has 4 nitrogen and oxygen atoms in total. The normalized spacial score (nSPS) is 19.2. The highest BCUT2D eigenvalue weighted by Gasteiger charge is 2.41. The Balaban J connectivity index is 1.92. The molecule has 1 atom stereocenters. The monoisotopic (exact) mass is 435 g/mol. The number of carbonyl (C=O) groups excluding carboxylic acids is 1. The number of aryl methyl sites for hydroxylation is 1. The Morgan fingerprint density at radius 3 is 2.67 bits per heavy atom. The second-order valence-electron chi connectivity index (χ2n) is 7.43. The maximum Gasteiger partial charge on any atom is 0.161 e. The molecule has 0 fully saturated rings. The van der Waals surface area contributed by atoms with Gasteiger partial charge >= 0.3 is 0 Å². The van der Waals surface area contributed by atoms with E-state index in [-0.39, 0.29) is 11.7 Å². The maximum absolute atomic E-state index is 13.2. The van der Waals surface area contributed by atoms with Crippen molar-refractivity contribution in [2.45, 2.75) is 49.7 Å². The summed E-state index contributed by atoms with van der Waals surface area (Å²) in [5, 5.41) is 12.2. The third-order valence-corrected chi connectivity index (χ3v) is 7.91. The molecule has 2 N–H and O–H groups in total. The fourth-order valence-corrected chi connectivity index (χ4v) is 6.41. The van der Waals surface area contributed by atoms with Crippen LogP contribution in [-0.4, -0.2) is 11.5 Å². The van der Waals surface area contributed by atoms with Crippen LogP contribution >= 0.6 is 23.1 Å². The summed E-state index contributed by atoms with van der Waals surface area (Å²) in [6.45, 7) is 4.23. The van der Waals surface area contributed by atoms with E-state index in [4.69, 9.17) is 5.73 Å². The van der Waals surface area contributed by atoms with E-state index in [9.17, 15) is 10.1 Å². The second kappa shape index (κ2) is 8.71. The van der Waals surface area contributed by atoms with Gasteiger partial charge in [0.15, 0.2) is 5.78 Å². The Hall–Kier alpha value is -2.49. The first-order valence-electron chi connectivity index (χ1n) is 10.4. The Kier molecular flexibility index (Phi) is 6.03. The topological polar surface area (TPSA) is 70.1 Å². The zero-order chi connectivity index (χ0) is 21.3. The highest BCUT2D eigenvalue weighted by molar-refractivity contribution is 8.01. The molecule has 6 heteroatoms. The SMILES string of the molecule is CCSc1sccc1[C@H]1C(C#N)=C(N)N(c2ccc(CC)cc2)C2=C1C(=O)CCC2. The van der Waals surface area contributed by atoms with E-state index < -0.39 is 0 Å². The van der Waals surface area contributed by atoms with Crippen molar-refractivity contribution in [1.29, 1.82) is 5.26 Å². The Morgan fingerprint density at radius 2 is 2.00 bits per heavy atom. The highest BCUT2D eigenvalue weighted by Crippen LogP contribution is 2.49. The van der Waals surface area contributed by atoms with Crippen LogP contribution in [0.2, 0.25) is 0 Å². The molecule has 1 aliphatic heterocycles. The summed E-state index contributed by atoms with van der Waals surface area (Å²) >= 11 is 3.42. The summed E-state index contributed by atoms with van der Waals surface area (Å²) in [6, 6.07) is 12.6. The lowest BCUT2D eigenvalue weighted by Crippen LogP contribution is -2.38. The molecule has 0 spiro atoms. The predicted octanol–water partition coefficient (Wildman–Crippen LogP) is 5.73. The summed E-state index contributed by atoms with van der Waals surface area (Å²) in [4.78, 5) is 15.1. The van der Waals surface area contributed by atoms with Gasteiger partial charge in [-0.3, -0.25) is 9.69 Å². The van der Waals surface area contributed by atoms with Crippen LogP contribution in [0.15, 0.2) is 62.6 Å². The van der Waals surface area contributed by atoms with Crippen LogP contribution in [0.1, 0.15) is 50.2 Å². The third kappa shape index (κ3) is 3.46. The molecule has 0 radical (unpaired) electrons. The van der Waals surface area contributed by atoms with Gasteiger partial charge in [0.05, 0.1) is 21.8 Å². The number of anilines is 1. The van der Waals surface area contributed by atoms with Crippen LogP contribution < -0.4 is 10.6 Å². The lowest BCUT2D eigenvalue weighted by molar-refractivity contribution is -0.116. The van der Waals surface area contributed by atoms with Crippen molar-refractivity contribution in [2.75, 3.05) is 10.7 Å². The molecule has 2 heterocycles. The molecule has 1 aromatic carbocycles. The number of thioether (sulfide) groups is 1. The number of hydrogen-bond acceptors (Lipinski definition) is 6. The van der Waals surface area contributed by atoms with Gasteiger partial charge in [-0.1, -0.05) is 26.0 Å². The van der Waals surface area contributed by atoms with Gasteiger partial charge in [-0.2, -0.15) is 5.26 Å². The largest absolute Gasteiger partial charge is 0.384 e. The highest BCUT2D eigenvalue weighted by atomic mass is 32.2. The lowest BCUT2D eigenvalue weighted by Gasteiger charge is -2.39. The number of ketones is 1. The van der Waals surface area contributed by atoms with Crippen molar-refractivity contribution >= 4 is 34.6 Å². The molecule has 0 saturated carbocycles. The molecule has 0 unspecified atom stereocenters. The van der Waals surface area contributed by atoms with Gasteiger partial charge in [0, 0.05) is 23.4 Å². The van der Waals surface area contributed by atoms with E-state index in [2.05, 4.69) is 38.1 Å². The van der Waals surface area contributed by atoms with Crippen molar-refractivity contribution in [3.05, 3.63) is 69.5 Å². The van der Waals surface area contributed by atoms with Crippen molar-refractivity contribution in [3.63, 3.8) is 0 Å². The molecule has 2 aliphatic rings. The number of nitrogens with two attached hydrogens (primary N) is 1. The number of nitrogens with zero attached hydrogens (tertiary/aromatic N) is 2. The van der Waals surface area contributed by atoms with Gasteiger partial charge in [-0.25, -0.2) is 0 Å². The number of allylic oxidation sites excluding steroid dienone is 3. The molecule has 0 bridgehead atoms. The molecule has 4 rings (SSSR count). The molecule has 2 aromatic rings. The molecule has 1 aromatic heterocycles. The average molecular weight is 436 g/mol. The van der Waals surface area contributed by atoms with Crippen molar-refractivity contribution < 1.29 is 4.79 Å². The third-order valence-electron chi connectivity index (χ3n) is 5.76. The van der Waals surface area contributed by atoms with Crippen LogP contribution in [0.5, 0.6) is 0 Å². The number of carbonyl (C=O) groups is 1. The van der Waals surface area contributed by atoms with Crippen molar-refractivity contribution in [3.8, 4) is 6.07 Å². The fraction of sp³-hybridized carbons (Fsp3) is 0.333. The number of nitriles is 1. The van der Waals surface area contributed by atoms with Crippen LogP contribution in [0, 0.1) is 11.3 Å². The van der Waals surface area contributed by atoms with Crippen LogP contribution in [-0.2, 0) is 11.2 Å². The molecule has 0 amide bonds. The van der Waals surface area contributed by atoms with E-state index in [1.807, 2.05) is 22.4 Å². The summed E-state index contributed by atoms with van der Waals surface area (Å²) in [5.41, 5.74) is 12.0. The number of hydrogen-bond donors (Lipinski definition) is 1. The van der Waals surface area contributed by atoms with Gasteiger partial charge in [0.2, 0.25) is 0 Å². The van der Waals surface area contributed by atoms with Crippen LogP contribution in [0.4, 0.5) is 5.69 Å². The van der Waals surface area contributed by atoms with Gasteiger partial charge in [0.25, 0.3) is 0 Å². The van der Waals surface area contributed by atoms with E-state index in [0.717, 1.165) is 51.7 Å². The average Bonchev–Trinajstić information content (AvgIpc) is 3.21. The Bertz CT molecular complexity index is 1070. The number of thiophene rings is 1. The number of Topliss-reactive ketones (excluding diaryl/α,β-unsaturated/α-hetero) is 1. The van der Waals surface area contributed by atoms with Crippen LogP contribution in [0.25, 0.3) is 0 Å².